The molecule has 0 aromatic heterocycles. The third kappa shape index (κ3) is 3.19. The molecule has 0 amide bonds. The molecule has 2 aromatic rings. The number of ether oxygens (including phenoxy) is 1. The first-order valence-electron chi connectivity index (χ1n) is 10.8. The number of benzene rings is 2. The van der Waals surface area contributed by atoms with Crippen LogP contribution in [0.4, 0.5) is 10.1 Å². The van der Waals surface area contributed by atoms with Crippen LogP contribution < -0.4 is 4.74 Å². The van der Waals surface area contributed by atoms with Crippen LogP contribution in [0.25, 0.3) is 0 Å². The molecule has 0 spiro atoms. The maximum Gasteiger partial charge on any atom is 0.314 e. The van der Waals surface area contributed by atoms with Crippen molar-refractivity contribution in [1.82, 2.24) is 0 Å². The zero-order chi connectivity index (χ0) is 21.1. The minimum absolute atomic E-state index is 0.0403. The number of nitro groups is 1. The lowest BCUT2D eigenvalue weighted by atomic mass is 9.39. The standard InChI is InChI=1S/C25H28FNO3/c1-23-10-18-11-24(2,14-23)16-25(12-18,15-23)20-8-19(26)9-21(22(20)27(28)29)30-13-17-6-4-3-5-7-17/h3-9,18H,10-16H2,1-2H3. The van der Waals surface area contributed by atoms with Gasteiger partial charge in [-0.1, -0.05) is 44.2 Å². The Morgan fingerprint density at radius 2 is 1.73 bits per heavy atom. The molecular formula is C25H28FNO3. The van der Waals surface area contributed by atoms with Crippen molar-refractivity contribution in [2.75, 3.05) is 0 Å². The zero-order valence-corrected chi connectivity index (χ0v) is 17.6. The van der Waals surface area contributed by atoms with E-state index in [-0.39, 0.29) is 39.2 Å². The quantitative estimate of drug-likeness (QED) is 0.415. The van der Waals surface area contributed by atoms with Crippen LogP contribution >= 0.6 is 0 Å². The molecule has 6 rings (SSSR count). The highest BCUT2D eigenvalue weighted by molar-refractivity contribution is 5.57. The van der Waals surface area contributed by atoms with E-state index in [0.29, 0.717) is 11.5 Å². The van der Waals surface area contributed by atoms with Crippen molar-refractivity contribution in [2.45, 2.75) is 64.4 Å². The highest BCUT2D eigenvalue weighted by atomic mass is 19.1. The predicted molar refractivity (Wildman–Crippen MR) is 113 cm³/mol. The predicted octanol–water partition coefficient (Wildman–Crippen LogP) is 6.56. The normalized spacial score (nSPS) is 34.2. The maximum absolute atomic E-state index is 14.8. The van der Waals surface area contributed by atoms with Gasteiger partial charge in [0.2, 0.25) is 5.75 Å². The first-order chi connectivity index (χ1) is 14.2. The molecular weight excluding hydrogens is 381 g/mol. The number of nitro benzene ring substituents is 1. The van der Waals surface area contributed by atoms with Gasteiger partial charge in [-0.05, 0) is 66.9 Å². The second-order valence-electron chi connectivity index (χ2n) is 10.7. The van der Waals surface area contributed by atoms with Crippen LogP contribution in [0.15, 0.2) is 42.5 Å². The molecule has 2 unspecified atom stereocenters. The van der Waals surface area contributed by atoms with Crippen molar-refractivity contribution in [3.05, 3.63) is 69.5 Å². The molecule has 0 heterocycles. The lowest BCUT2D eigenvalue weighted by molar-refractivity contribution is -0.387. The fraction of sp³-hybridized carbons (Fsp3) is 0.520. The molecule has 4 bridgehead atoms. The van der Waals surface area contributed by atoms with Crippen molar-refractivity contribution in [3.8, 4) is 5.75 Å². The van der Waals surface area contributed by atoms with Crippen molar-refractivity contribution in [3.63, 3.8) is 0 Å². The lowest BCUT2D eigenvalue weighted by Gasteiger charge is -2.65. The summed E-state index contributed by atoms with van der Waals surface area (Å²) in [6.07, 6.45) is 6.25. The molecule has 0 aliphatic heterocycles. The maximum atomic E-state index is 14.8. The van der Waals surface area contributed by atoms with Gasteiger partial charge in [-0.25, -0.2) is 4.39 Å². The van der Waals surface area contributed by atoms with Crippen molar-refractivity contribution in [2.24, 2.45) is 16.7 Å². The minimum Gasteiger partial charge on any atom is -0.482 e. The molecule has 4 fully saturated rings. The summed E-state index contributed by atoms with van der Waals surface area (Å²) in [7, 11) is 0. The smallest absolute Gasteiger partial charge is 0.314 e. The van der Waals surface area contributed by atoms with E-state index in [2.05, 4.69) is 13.8 Å². The minimum atomic E-state index is -0.454. The van der Waals surface area contributed by atoms with Gasteiger partial charge in [0.05, 0.1) is 4.92 Å². The molecule has 2 aromatic carbocycles. The second-order valence-corrected chi connectivity index (χ2v) is 10.7. The molecule has 158 valence electrons. The number of rotatable bonds is 5. The molecule has 2 atom stereocenters. The van der Waals surface area contributed by atoms with Crippen molar-refractivity contribution >= 4 is 5.69 Å². The molecule has 0 radical (unpaired) electrons. The number of hydrogen-bond acceptors (Lipinski definition) is 3. The van der Waals surface area contributed by atoms with E-state index >= 15 is 0 Å². The van der Waals surface area contributed by atoms with Gasteiger partial charge in [0.1, 0.15) is 12.4 Å². The van der Waals surface area contributed by atoms with Crippen molar-refractivity contribution in [1.29, 1.82) is 0 Å². The Morgan fingerprint density at radius 3 is 2.33 bits per heavy atom. The lowest BCUT2D eigenvalue weighted by Crippen LogP contribution is -2.57. The third-order valence-electron chi connectivity index (χ3n) is 7.66. The van der Waals surface area contributed by atoms with Crippen LogP contribution in [-0.4, -0.2) is 4.92 Å². The first-order valence-corrected chi connectivity index (χ1v) is 10.8. The summed E-state index contributed by atoms with van der Waals surface area (Å²) in [6, 6.07) is 12.1. The van der Waals surface area contributed by atoms with Gasteiger partial charge >= 0.3 is 5.69 Å². The fourth-order valence-electron chi connectivity index (χ4n) is 7.76. The van der Waals surface area contributed by atoms with Gasteiger partial charge in [-0.3, -0.25) is 10.1 Å². The number of halogens is 1. The molecule has 0 N–H and O–H groups in total. The SMILES string of the molecule is CC12CC3CC(C)(C1)CC(c1cc(F)cc(OCc4ccccc4)c1[N+](=O)[O-])(C3)C2. The second kappa shape index (κ2) is 6.53. The van der Waals surface area contributed by atoms with Gasteiger partial charge in [-0.15, -0.1) is 0 Å². The molecule has 30 heavy (non-hydrogen) atoms. The summed E-state index contributed by atoms with van der Waals surface area (Å²) >= 11 is 0. The van der Waals surface area contributed by atoms with Crippen LogP contribution in [0.1, 0.15) is 63.5 Å². The van der Waals surface area contributed by atoms with Crippen LogP contribution in [-0.2, 0) is 12.0 Å². The van der Waals surface area contributed by atoms with Gasteiger partial charge < -0.3 is 4.74 Å². The highest BCUT2D eigenvalue weighted by Crippen LogP contribution is 2.70. The van der Waals surface area contributed by atoms with E-state index in [4.69, 9.17) is 4.74 Å². The monoisotopic (exact) mass is 409 g/mol. The van der Waals surface area contributed by atoms with Crippen molar-refractivity contribution < 1.29 is 14.1 Å². The zero-order valence-electron chi connectivity index (χ0n) is 17.6. The highest BCUT2D eigenvalue weighted by Gasteiger charge is 2.62. The average molecular weight is 410 g/mol. The molecule has 4 aliphatic carbocycles. The Hall–Kier alpha value is -2.43. The Bertz CT molecular complexity index is 987. The topological polar surface area (TPSA) is 52.4 Å². The molecule has 4 aliphatic rings. The van der Waals surface area contributed by atoms with E-state index in [0.717, 1.165) is 24.8 Å². The fourth-order valence-corrected chi connectivity index (χ4v) is 7.76. The summed E-state index contributed by atoms with van der Waals surface area (Å²) < 4.78 is 20.6. The summed E-state index contributed by atoms with van der Waals surface area (Å²) in [4.78, 5) is 11.9. The Morgan fingerprint density at radius 1 is 1.07 bits per heavy atom. The van der Waals surface area contributed by atoms with E-state index in [1.165, 1.54) is 31.4 Å². The summed E-state index contributed by atoms with van der Waals surface area (Å²) in [5, 5.41) is 12.2. The van der Waals surface area contributed by atoms with Gasteiger partial charge in [0.15, 0.2) is 0 Å². The Kier molecular flexibility index (Phi) is 4.25. The molecule has 4 nitrogen and oxygen atoms in total. The van der Waals surface area contributed by atoms with Crippen LogP contribution in [0.2, 0.25) is 0 Å². The van der Waals surface area contributed by atoms with Gasteiger partial charge in [0, 0.05) is 17.0 Å². The van der Waals surface area contributed by atoms with E-state index in [9.17, 15) is 14.5 Å². The molecule has 4 saturated carbocycles. The third-order valence-corrected chi connectivity index (χ3v) is 7.66. The molecule has 0 saturated heterocycles. The van der Waals surface area contributed by atoms with Crippen LogP contribution in [0, 0.1) is 32.7 Å². The number of hydrogen-bond donors (Lipinski definition) is 0. The Labute approximate surface area is 176 Å². The largest absolute Gasteiger partial charge is 0.482 e. The summed E-state index contributed by atoms with van der Waals surface area (Å²) in [5.41, 5.74) is 1.43. The van der Waals surface area contributed by atoms with E-state index in [1.54, 1.807) is 0 Å². The summed E-state index contributed by atoms with van der Waals surface area (Å²) in [5.74, 6) is 0.155. The summed E-state index contributed by atoms with van der Waals surface area (Å²) in [6.45, 7) is 4.82. The van der Waals surface area contributed by atoms with Gasteiger partial charge in [0.25, 0.3) is 0 Å². The Balaban J connectivity index is 1.59. The van der Waals surface area contributed by atoms with E-state index in [1.807, 2.05) is 30.3 Å². The van der Waals surface area contributed by atoms with Crippen LogP contribution in [0.3, 0.4) is 0 Å². The average Bonchev–Trinajstić information content (AvgIpc) is 2.63. The van der Waals surface area contributed by atoms with E-state index < -0.39 is 5.82 Å². The number of nitrogens with zero attached hydrogens (tertiary/aromatic N) is 1. The van der Waals surface area contributed by atoms with Crippen LogP contribution in [0.5, 0.6) is 5.75 Å². The van der Waals surface area contributed by atoms with Gasteiger partial charge in [-0.2, -0.15) is 0 Å². The molecule has 5 heteroatoms. The first kappa shape index (κ1) is 19.5.